The van der Waals surface area contributed by atoms with Gasteiger partial charge in [-0.3, -0.25) is 0 Å². The second kappa shape index (κ2) is 5.23. The molecule has 0 aliphatic carbocycles. The number of aliphatic hydroxyl groups is 1. The van der Waals surface area contributed by atoms with Crippen molar-refractivity contribution in [2.75, 3.05) is 13.2 Å². The molecule has 2 N–H and O–H groups in total. The van der Waals surface area contributed by atoms with Crippen LogP contribution in [0.4, 0.5) is 4.79 Å². The summed E-state index contributed by atoms with van der Waals surface area (Å²) in [4.78, 5) is 11.7. The Bertz CT molecular complexity index is 264. The van der Waals surface area contributed by atoms with E-state index in [-0.39, 0.29) is 0 Å². The normalized spacial score (nSPS) is 26.6. The Hall–Kier alpha value is -0.810. The van der Waals surface area contributed by atoms with Gasteiger partial charge in [-0.15, -0.1) is 0 Å². The maximum Gasteiger partial charge on any atom is 0.408 e. The molecule has 5 heteroatoms. The molecule has 0 aromatic rings. The third-order valence-corrected chi connectivity index (χ3v) is 2.56. The van der Waals surface area contributed by atoms with Gasteiger partial charge in [0.1, 0.15) is 5.60 Å². The molecule has 100 valence electrons. The predicted octanol–water partition coefficient (Wildman–Crippen LogP) is 1.44. The summed E-state index contributed by atoms with van der Waals surface area (Å²) in [6.45, 7) is 8.19. The molecule has 1 rings (SSSR count). The molecule has 0 aromatic carbocycles. The van der Waals surface area contributed by atoms with E-state index < -0.39 is 23.3 Å². The fraction of sp³-hybridized carbons (Fsp3) is 0.917. The first-order valence-electron chi connectivity index (χ1n) is 5.99. The minimum Gasteiger partial charge on any atom is -0.444 e. The highest BCUT2D eigenvalue weighted by atomic mass is 16.6. The maximum absolute atomic E-state index is 11.7. The van der Waals surface area contributed by atoms with E-state index in [9.17, 15) is 9.90 Å². The largest absolute Gasteiger partial charge is 0.444 e. The van der Waals surface area contributed by atoms with E-state index >= 15 is 0 Å². The SMILES string of the molecule is C[C@@H](O)CC1(NC(=O)OC(C)(C)C)CCOC1. The lowest BCUT2D eigenvalue weighted by molar-refractivity contribution is 0.0388. The second-order valence-electron chi connectivity index (χ2n) is 5.76. The monoisotopic (exact) mass is 245 g/mol. The van der Waals surface area contributed by atoms with Gasteiger partial charge in [0.25, 0.3) is 0 Å². The minimum absolute atomic E-state index is 0.428. The van der Waals surface area contributed by atoms with Crippen molar-refractivity contribution in [2.24, 2.45) is 0 Å². The summed E-state index contributed by atoms with van der Waals surface area (Å²) in [6.07, 6.45) is 0.249. The predicted molar refractivity (Wildman–Crippen MR) is 63.8 cm³/mol. The number of rotatable bonds is 3. The first-order valence-corrected chi connectivity index (χ1v) is 5.99. The molecule has 0 saturated carbocycles. The molecule has 0 spiro atoms. The van der Waals surface area contributed by atoms with Gasteiger partial charge in [-0.25, -0.2) is 4.79 Å². The highest BCUT2D eigenvalue weighted by Gasteiger charge is 2.38. The number of hydrogen-bond donors (Lipinski definition) is 2. The summed E-state index contributed by atoms with van der Waals surface area (Å²) in [6, 6.07) is 0. The third-order valence-electron chi connectivity index (χ3n) is 2.56. The lowest BCUT2D eigenvalue weighted by atomic mass is 9.92. The van der Waals surface area contributed by atoms with Crippen LogP contribution in [0.3, 0.4) is 0 Å². The summed E-state index contributed by atoms with van der Waals surface area (Å²) < 4.78 is 10.5. The van der Waals surface area contributed by atoms with E-state index in [0.29, 0.717) is 26.1 Å². The molecule has 1 aliphatic rings. The number of carbonyl (C=O) groups excluding carboxylic acids is 1. The van der Waals surface area contributed by atoms with Gasteiger partial charge in [0.05, 0.1) is 18.2 Å². The summed E-state index contributed by atoms with van der Waals surface area (Å²) in [7, 11) is 0. The Kier molecular flexibility index (Phi) is 4.38. The zero-order chi connectivity index (χ0) is 13.1. The van der Waals surface area contributed by atoms with Crippen molar-refractivity contribution in [2.45, 2.75) is 57.8 Å². The fourth-order valence-electron chi connectivity index (χ4n) is 2.00. The van der Waals surface area contributed by atoms with Crippen LogP contribution in [0.25, 0.3) is 0 Å². The molecular formula is C12H23NO4. The van der Waals surface area contributed by atoms with Gasteiger partial charge in [-0.2, -0.15) is 0 Å². The van der Waals surface area contributed by atoms with E-state index in [1.54, 1.807) is 6.92 Å². The topological polar surface area (TPSA) is 67.8 Å². The maximum atomic E-state index is 11.7. The molecule has 0 aromatic heterocycles. The second-order valence-corrected chi connectivity index (χ2v) is 5.76. The van der Waals surface area contributed by atoms with Crippen LogP contribution in [0.1, 0.15) is 40.5 Å². The van der Waals surface area contributed by atoms with Crippen LogP contribution >= 0.6 is 0 Å². The van der Waals surface area contributed by atoms with Crippen LogP contribution in [0.5, 0.6) is 0 Å². The van der Waals surface area contributed by atoms with Gasteiger partial charge < -0.3 is 19.9 Å². The van der Waals surface area contributed by atoms with Gasteiger partial charge in [0, 0.05) is 6.61 Å². The van der Waals surface area contributed by atoms with Crippen LogP contribution in [0, 0.1) is 0 Å². The van der Waals surface area contributed by atoms with Crippen molar-refractivity contribution in [3.8, 4) is 0 Å². The zero-order valence-electron chi connectivity index (χ0n) is 11.1. The molecule has 1 fully saturated rings. The van der Waals surface area contributed by atoms with Crippen LogP contribution in [-0.2, 0) is 9.47 Å². The van der Waals surface area contributed by atoms with E-state index in [1.165, 1.54) is 0 Å². The number of alkyl carbamates (subject to hydrolysis) is 1. The quantitative estimate of drug-likeness (QED) is 0.789. The summed E-state index contributed by atoms with van der Waals surface area (Å²) in [5.74, 6) is 0. The first kappa shape index (κ1) is 14.3. The summed E-state index contributed by atoms with van der Waals surface area (Å²) >= 11 is 0. The molecule has 0 radical (unpaired) electrons. The van der Waals surface area contributed by atoms with Crippen molar-refractivity contribution < 1.29 is 19.4 Å². The first-order chi connectivity index (χ1) is 7.72. The molecule has 1 heterocycles. The number of carbonyl (C=O) groups is 1. The van der Waals surface area contributed by atoms with Gasteiger partial charge in [0.15, 0.2) is 0 Å². The highest BCUT2D eigenvalue weighted by Crippen LogP contribution is 2.25. The molecule has 1 saturated heterocycles. The van der Waals surface area contributed by atoms with E-state index in [4.69, 9.17) is 9.47 Å². The van der Waals surface area contributed by atoms with Crippen LogP contribution in [0.15, 0.2) is 0 Å². The number of nitrogens with one attached hydrogen (secondary N) is 1. The molecule has 0 bridgehead atoms. The lowest BCUT2D eigenvalue weighted by Crippen LogP contribution is -2.52. The Balaban J connectivity index is 2.58. The van der Waals surface area contributed by atoms with Crippen LogP contribution in [0.2, 0.25) is 0 Å². The van der Waals surface area contributed by atoms with Crippen molar-refractivity contribution in [3.63, 3.8) is 0 Å². The molecule has 1 aliphatic heterocycles. The Morgan fingerprint density at radius 1 is 1.59 bits per heavy atom. The molecule has 17 heavy (non-hydrogen) atoms. The Morgan fingerprint density at radius 3 is 2.65 bits per heavy atom. The standard InChI is InChI=1S/C12H23NO4/c1-9(14)7-12(5-6-16-8-12)13-10(15)17-11(2,3)4/h9,14H,5-8H2,1-4H3,(H,13,15)/t9-,12?/m1/s1. The van der Waals surface area contributed by atoms with Crippen molar-refractivity contribution in [1.82, 2.24) is 5.32 Å². The van der Waals surface area contributed by atoms with E-state index in [0.717, 1.165) is 0 Å². The summed E-state index contributed by atoms with van der Waals surface area (Å²) in [5, 5.41) is 12.3. The van der Waals surface area contributed by atoms with Gasteiger partial charge in [-0.1, -0.05) is 0 Å². The molecule has 5 nitrogen and oxygen atoms in total. The molecule has 1 amide bonds. The Labute approximate surface area is 102 Å². The number of hydrogen-bond acceptors (Lipinski definition) is 4. The minimum atomic E-state index is -0.518. The lowest BCUT2D eigenvalue weighted by Gasteiger charge is -2.31. The van der Waals surface area contributed by atoms with Gasteiger partial charge in [0.2, 0.25) is 0 Å². The summed E-state index contributed by atoms with van der Waals surface area (Å²) in [5.41, 5.74) is -1.01. The number of amides is 1. The van der Waals surface area contributed by atoms with Gasteiger partial charge >= 0.3 is 6.09 Å². The van der Waals surface area contributed by atoms with Gasteiger partial charge in [-0.05, 0) is 40.5 Å². The molecule has 1 unspecified atom stereocenters. The van der Waals surface area contributed by atoms with Crippen molar-refractivity contribution >= 4 is 6.09 Å². The molecule has 2 atom stereocenters. The number of ether oxygens (including phenoxy) is 2. The van der Waals surface area contributed by atoms with E-state index in [1.807, 2.05) is 20.8 Å². The van der Waals surface area contributed by atoms with Crippen LogP contribution in [-0.4, -0.2) is 41.7 Å². The van der Waals surface area contributed by atoms with Crippen molar-refractivity contribution in [1.29, 1.82) is 0 Å². The smallest absolute Gasteiger partial charge is 0.408 e. The fourth-order valence-corrected chi connectivity index (χ4v) is 2.00. The van der Waals surface area contributed by atoms with Crippen LogP contribution < -0.4 is 5.32 Å². The third kappa shape index (κ3) is 4.91. The zero-order valence-corrected chi connectivity index (χ0v) is 11.1. The average molecular weight is 245 g/mol. The average Bonchev–Trinajstić information content (AvgIpc) is 2.47. The highest BCUT2D eigenvalue weighted by molar-refractivity contribution is 5.68. The molecular weight excluding hydrogens is 222 g/mol. The number of aliphatic hydroxyl groups excluding tert-OH is 1. The van der Waals surface area contributed by atoms with E-state index in [2.05, 4.69) is 5.32 Å². The van der Waals surface area contributed by atoms with Crippen molar-refractivity contribution in [3.05, 3.63) is 0 Å². The Morgan fingerprint density at radius 2 is 2.24 bits per heavy atom.